The van der Waals surface area contributed by atoms with Crippen LogP contribution in [0.25, 0.3) is 5.52 Å². The number of carbonyl (C=O) groups is 1. The van der Waals surface area contributed by atoms with Crippen LogP contribution in [0.5, 0.6) is 0 Å². The summed E-state index contributed by atoms with van der Waals surface area (Å²) < 4.78 is 7.39. The highest BCUT2D eigenvalue weighted by Crippen LogP contribution is 2.20. The Labute approximate surface area is 132 Å². The predicted octanol–water partition coefficient (Wildman–Crippen LogP) is 3.20. The molecule has 0 spiro atoms. The molecule has 0 aromatic carbocycles. The van der Waals surface area contributed by atoms with Gasteiger partial charge in [-0.25, -0.2) is 4.98 Å². The fourth-order valence-corrected chi connectivity index (χ4v) is 2.98. The second kappa shape index (κ2) is 5.88. The van der Waals surface area contributed by atoms with Crippen LogP contribution in [0.2, 0.25) is 0 Å². The SMILES string of the molecule is CSc1nc(C(=O)NCc2cc(C)oc2C)c2ccccn12. The van der Waals surface area contributed by atoms with Gasteiger partial charge < -0.3 is 9.73 Å². The van der Waals surface area contributed by atoms with Gasteiger partial charge in [-0.15, -0.1) is 0 Å². The Bertz CT molecular complexity index is 835. The van der Waals surface area contributed by atoms with Crippen molar-refractivity contribution in [2.45, 2.75) is 25.5 Å². The van der Waals surface area contributed by atoms with Crippen molar-refractivity contribution in [2.24, 2.45) is 0 Å². The summed E-state index contributed by atoms with van der Waals surface area (Å²) in [5, 5.41) is 3.72. The van der Waals surface area contributed by atoms with Crippen molar-refractivity contribution in [3.63, 3.8) is 0 Å². The lowest BCUT2D eigenvalue weighted by atomic mass is 10.2. The minimum absolute atomic E-state index is 0.178. The number of furan rings is 1. The molecule has 0 aliphatic carbocycles. The molecule has 0 fully saturated rings. The van der Waals surface area contributed by atoms with Crippen molar-refractivity contribution < 1.29 is 9.21 Å². The van der Waals surface area contributed by atoms with Gasteiger partial charge in [-0.05, 0) is 38.3 Å². The maximum absolute atomic E-state index is 12.5. The van der Waals surface area contributed by atoms with Gasteiger partial charge in [0.05, 0.1) is 5.52 Å². The minimum atomic E-state index is -0.178. The lowest BCUT2D eigenvalue weighted by Crippen LogP contribution is -2.23. The first kappa shape index (κ1) is 14.7. The molecule has 22 heavy (non-hydrogen) atoms. The molecule has 0 saturated heterocycles. The average molecular weight is 315 g/mol. The van der Waals surface area contributed by atoms with E-state index in [1.54, 1.807) is 0 Å². The smallest absolute Gasteiger partial charge is 0.272 e. The van der Waals surface area contributed by atoms with E-state index in [1.165, 1.54) is 11.8 Å². The van der Waals surface area contributed by atoms with Crippen molar-refractivity contribution in [1.82, 2.24) is 14.7 Å². The highest BCUT2D eigenvalue weighted by atomic mass is 32.2. The highest BCUT2D eigenvalue weighted by Gasteiger charge is 2.17. The second-order valence-corrected chi connectivity index (χ2v) is 5.80. The number of thioether (sulfide) groups is 1. The van der Waals surface area contributed by atoms with Crippen LogP contribution in [0, 0.1) is 13.8 Å². The van der Waals surface area contributed by atoms with Crippen molar-refractivity contribution in [1.29, 1.82) is 0 Å². The van der Waals surface area contributed by atoms with Crippen molar-refractivity contribution in [3.05, 3.63) is 53.2 Å². The number of carbonyl (C=O) groups excluding carboxylic acids is 1. The lowest BCUT2D eigenvalue weighted by molar-refractivity contribution is 0.0947. The largest absolute Gasteiger partial charge is 0.466 e. The number of hydrogen-bond donors (Lipinski definition) is 1. The summed E-state index contributed by atoms with van der Waals surface area (Å²) in [7, 11) is 0. The molecule has 3 heterocycles. The summed E-state index contributed by atoms with van der Waals surface area (Å²) in [6.07, 6.45) is 3.86. The number of fused-ring (bicyclic) bond motifs is 1. The number of aromatic nitrogens is 2. The predicted molar refractivity (Wildman–Crippen MR) is 86.3 cm³/mol. The number of hydrogen-bond acceptors (Lipinski definition) is 4. The van der Waals surface area contributed by atoms with E-state index in [0.29, 0.717) is 12.2 Å². The monoisotopic (exact) mass is 315 g/mol. The third-order valence-electron chi connectivity index (χ3n) is 3.50. The third kappa shape index (κ3) is 2.62. The van der Waals surface area contributed by atoms with Gasteiger partial charge in [0.1, 0.15) is 11.5 Å². The molecule has 1 N–H and O–H groups in total. The Morgan fingerprint density at radius 1 is 1.41 bits per heavy atom. The first-order valence-electron chi connectivity index (χ1n) is 6.95. The van der Waals surface area contributed by atoms with Gasteiger partial charge in [0.15, 0.2) is 10.9 Å². The Hall–Kier alpha value is -2.21. The van der Waals surface area contributed by atoms with Crippen LogP contribution >= 0.6 is 11.8 Å². The molecule has 3 rings (SSSR count). The normalized spacial score (nSPS) is 11.0. The Kier molecular flexibility index (Phi) is 3.94. The molecule has 0 bridgehead atoms. The topological polar surface area (TPSA) is 59.5 Å². The van der Waals surface area contributed by atoms with Gasteiger partial charge in [0.25, 0.3) is 5.91 Å². The van der Waals surface area contributed by atoms with Gasteiger partial charge >= 0.3 is 0 Å². The van der Waals surface area contributed by atoms with E-state index in [9.17, 15) is 4.79 Å². The molecule has 0 aliphatic heterocycles. The molecular weight excluding hydrogens is 298 g/mol. The van der Waals surface area contributed by atoms with Crippen LogP contribution in [0.4, 0.5) is 0 Å². The Morgan fingerprint density at radius 2 is 2.23 bits per heavy atom. The van der Waals surface area contributed by atoms with E-state index >= 15 is 0 Å². The first-order chi connectivity index (χ1) is 10.6. The summed E-state index contributed by atoms with van der Waals surface area (Å²) >= 11 is 1.51. The zero-order chi connectivity index (χ0) is 15.7. The van der Waals surface area contributed by atoms with E-state index in [0.717, 1.165) is 27.8 Å². The molecule has 5 nitrogen and oxygen atoms in total. The zero-order valence-electron chi connectivity index (χ0n) is 12.7. The van der Waals surface area contributed by atoms with E-state index in [4.69, 9.17) is 4.42 Å². The number of nitrogens with one attached hydrogen (secondary N) is 1. The molecular formula is C16H17N3O2S. The van der Waals surface area contributed by atoms with Gasteiger partial charge in [-0.1, -0.05) is 17.8 Å². The summed E-state index contributed by atoms with van der Waals surface area (Å²) in [6, 6.07) is 7.66. The number of rotatable bonds is 4. The first-order valence-corrected chi connectivity index (χ1v) is 8.18. The number of amides is 1. The lowest BCUT2D eigenvalue weighted by Gasteiger charge is -2.02. The zero-order valence-corrected chi connectivity index (χ0v) is 13.5. The van der Waals surface area contributed by atoms with E-state index in [1.807, 2.05) is 55.0 Å². The molecule has 1 amide bonds. The number of aryl methyl sites for hydroxylation is 2. The number of pyridine rings is 1. The van der Waals surface area contributed by atoms with Crippen LogP contribution in [-0.2, 0) is 6.54 Å². The molecule has 0 radical (unpaired) electrons. The maximum Gasteiger partial charge on any atom is 0.272 e. The Morgan fingerprint density at radius 3 is 2.91 bits per heavy atom. The molecule has 3 aromatic heterocycles. The fraction of sp³-hybridized carbons (Fsp3) is 0.250. The van der Waals surface area contributed by atoms with Gasteiger partial charge in [-0.2, -0.15) is 0 Å². The summed E-state index contributed by atoms with van der Waals surface area (Å²) in [4.78, 5) is 16.9. The quantitative estimate of drug-likeness (QED) is 0.751. The van der Waals surface area contributed by atoms with E-state index < -0.39 is 0 Å². The van der Waals surface area contributed by atoms with Crippen LogP contribution in [0.3, 0.4) is 0 Å². The van der Waals surface area contributed by atoms with Crippen LogP contribution in [0.15, 0.2) is 40.0 Å². The number of imidazole rings is 1. The third-order valence-corrected chi connectivity index (χ3v) is 4.15. The maximum atomic E-state index is 12.5. The molecule has 0 saturated carbocycles. The van der Waals surface area contributed by atoms with Gasteiger partial charge in [0, 0.05) is 18.3 Å². The molecule has 0 aliphatic rings. The summed E-state index contributed by atoms with van der Waals surface area (Å²) in [5.74, 6) is 1.50. The van der Waals surface area contributed by atoms with Crippen molar-refractivity contribution >= 4 is 23.2 Å². The molecule has 6 heteroatoms. The second-order valence-electron chi connectivity index (χ2n) is 5.02. The average Bonchev–Trinajstić information content (AvgIpc) is 3.04. The number of nitrogens with zero attached hydrogens (tertiary/aromatic N) is 2. The van der Waals surface area contributed by atoms with Crippen molar-refractivity contribution in [2.75, 3.05) is 6.26 Å². The van der Waals surface area contributed by atoms with Gasteiger partial charge in [0.2, 0.25) is 0 Å². The standard InChI is InChI=1S/C16H17N3O2S/c1-10-8-12(11(2)21-10)9-17-15(20)14-13-6-4-5-7-19(13)16(18-14)22-3/h4-8H,9H2,1-3H3,(H,17,20). The molecule has 0 unspecified atom stereocenters. The minimum Gasteiger partial charge on any atom is -0.466 e. The molecule has 0 atom stereocenters. The summed E-state index contributed by atoms with van der Waals surface area (Å²) in [5.41, 5.74) is 2.24. The van der Waals surface area contributed by atoms with Crippen LogP contribution in [0.1, 0.15) is 27.6 Å². The fourth-order valence-electron chi connectivity index (χ4n) is 2.44. The van der Waals surface area contributed by atoms with E-state index in [2.05, 4.69) is 10.3 Å². The van der Waals surface area contributed by atoms with Crippen molar-refractivity contribution in [3.8, 4) is 0 Å². The highest BCUT2D eigenvalue weighted by molar-refractivity contribution is 7.98. The molecule has 3 aromatic rings. The summed E-state index contributed by atoms with van der Waals surface area (Å²) in [6.45, 7) is 4.22. The van der Waals surface area contributed by atoms with Crippen LogP contribution < -0.4 is 5.32 Å². The molecule has 114 valence electrons. The van der Waals surface area contributed by atoms with Crippen LogP contribution in [-0.4, -0.2) is 21.5 Å². The Balaban J connectivity index is 1.85. The van der Waals surface area contributed by atoms with E-state index in [-0.39, 0.29) is 5.91 Å². The van der Waals surface area contributed by atoms with Gasteiger partial charge in [-0.3, -0.25) is 9.20 Å².